The highest BCUT2D eigenvalue weighted by atomic mass is 16.2. The van der Waals surface area contributed by atoms with Gasteiger partial charge in [0.15, 0.2) is 0 Å². The molecule has 1 aliphatic carbocycles. The van der Waals surface area contributed by atoms with Crippen LogP contribution in [0.25, 0.3) is 11.0 Å². The van der Waals surface area contributed by atoms with Crippen LogP contribution in [0.3, 0.4) is 0 Å². The first-order valence-electron chi connectivity index (χ1n) is 11.3. The fraction of sp³-hybridized carbons (Fsp3) is 0.400. The molecule has 0 spiro atoms. The minimum atomic E-state index is -0.527. The average Bonchev–Trinajstić information content (AvgIpc) is 3.29. The number of fused-ring (bicyclic) bond motifs is 3. The van der Waals surface area contributed by atoms with Gasteiger partial charge in [-0.25, -0.2) is 4.98 Å². The maximum absolute atomic E-state index is 13.5. The lowest BCUT2D eigenvalue weighted by molar-refractivity contribution is -0.127. The molecule has 2 aliphatic rings. The third kappa shape index (κ3) is 3.82. The number of anilines is 1. The molecule has 0 bridgehead atoms. The van der Waals surface area contributed by atoms with Gasteiger partial charge in [0.1, 0.15) is 6.04 Å². The zero-order valence-corrected chi connectivity index (χ0v) is 17.7. The van der Waals surface area contributed by atoms with Crippen molar-refractivity contribution in [3.63, 3.8) is 0 Å². The van der Waals surface area contributed by atoms with Crippen LogP contribution < -0.4 is 10.2 Å². The number of nitrogens with zero attached hydrogens (tertiary/aromatic N) is 3. The second-order valence-corrected chi connectivity index (χ2v) is 8.58. The Hall–Kier alpha value is -3.15. The first kappa shape index (κ1) is 19.8. The Bertz CT molecular complexity index is 1090. The quantitative estimate of drug-likeness (QED) is 0.660. The molecule has 1 atom stereocenters. The van der Waals surface area contributed by atoms with Crippen molar-refractivity contribution < 1.29 is 9.59 Å². The first-order valence-corrected chi connectivity index (χ1v) is 11.3. The van der Waals surface area contributed by atoms with Crippen LogP contribution in [0.15, 0.2) is 54.6 Å². The molecule has 2 heterocycles. The Morgan fingerprint density at radius 1 is 1.00 bits per heavy atom. The molecule has 5 rings (SSSR count). The molecule has 6 nitrogen and oxygen atoms in total. The Morgan fingerprint density at radius 2 is 1.74 bits per heavy atom. The summed E-state index contributed by atoms with van der Waals surface area (Å²) in [5.41, 5.74) is 2.98. The molecule has 2 aromatic carbocycles. The molecular weight excluding hydrogens is 388 g/mol. The van der Waals surface area contributed by atoms with Gasteiger partial charge in [-0.05, 0) is 37.0 Å². The molecular formula is C25H28N4O2. The van der Waals surface area contributed by atoms with Crippen molar-refractivity contribution in [2.24, 2.45) is 0 Å². The predicted octanol–water partition coefficient (Wildman–Crippen LogP) is 4.01. The minimum Gasteiger partial charge on any atom is -0.356 e. The standard InChI is InChI=1S/C25H28N4O2/c30-23(26-16-15-18-9-3-1-4-10-18)17-22-24(31)28(19-11-5-2-6-12-19)25-27-20-13-7-8-14-21(20)29(22)25/h1,3-4,7-10,13-14,19,22H,2,5-6,11-12,15-17H2,(H,26,30)/t22-/m1/s1. The summed E-state index contributed by atoms with van der Waals surface area (Å²) in [6, 6.07) is 17.6. The summed E-state index contributed by atoms with van der Waals surface area (Å²) < 4.78 is 1.99. The van der Waals surface area contributed by atoms with Crippen molar-refractivity contribution in [1.82, 2.24) is 14.9 Å². The zero-order chi connectivity index (χ0) is 21.2. The number of nitrogens with one attached hydrogen (secondary N) is 1. The Labute approximate surface area is 182 Å². The van der Waals surface area contributed by atoms with E-state index in [1.807, 2.05) is 51.9 Å². The van der Waals surface area contributed by atoms with Crippen LogP contribution in [0.4, 0.5) is 5.95 Å². The van der Waals surface area contributed by atoms with Gasteiger partial charge in [-0.1, -0.05) is 61.7 Å². The maximum atomic E-state index is 13.5. The van der Waals surface area contributed by atoms with E-state index in [0.29, 0.717) is 12.5 Å². The van der Waals surface area contributed by atoms with Gasteiger partial charge in [0.2, 0.25) is 11.9 Å². The van der Waals surface area contributed by atoms with Crippen molar-refractivity contribution in [3.05, 3.63) is 60.2 Å². The number of aromatic nitrogens is 2. The van der Waals surface area contributed by atoms with E-state index < -0.39 is 6.04 Å². The van der Waals surface area contributed by atoms with Gasteiger partial charge in [-0.15, -0.1) is 0 Å². The van der Waals surface area contributed by atoms with E-state index in [-0.39, 0.29) is 24.3 Å². The number of hydrogen-bond donors (Lipinski definition) is 1. The highest BCUT2D eigenvalue weighted by Gasteiger charge is 2.44. The summed E-state index contributed by atoms with van der Waals surface area (Å²) in [6.07, 6.45) is 6.43. The number of para-hydroxylation sites is 2. The highest BCUT2D eigenvalue weighted by Crippen LogP contribution is 2.40. The van der Waals surface area contributed by atoms with Gasteiger partial charge in [0, 0.05) is 12.6 Å². The smallest absolute Gasteiger partial charge is 0.253 e. The number of benzene rings is 2. The van der Waals surface area contributed by atoms with E-state index in [9.17, 15) is 9.59 Å². The van der Waals surface area contributed by atoms with Crippen LogP contribution in [-0.4, -0.2) is 34.0 Å². The number of carbonyl (C=O) groups excluding carboxylic acids is 2. The predicted molar refractivity (Wildman–Crippen MR) is 121 cm³/mol. The van der Waals surface area contributed by atoms with Crippen LogP contribution in [0.5, 0.6) is 0 Å². The molecule has 0 unspecified atom stereocenters. The van der Waals surface area contributed by atoms with Gasteiger partial charge in [-0.3, -0.25) is 19.1 Å². The van der Waals surface area contributed by atoms with E-state index >= 15 is 0 Å². The van der Waals surface area contributed by atoms with E-state index in [1.165, 1.54) is 12.0 Å². The van der Waals surface area contributed by atoms with E-state index in [1.54, 1.807) is 0 Å². The molecule has 160 valence electrons. The van der Waals surface area contributed by atoms with Gasteiger partial charge in [0.25, 0.3) is 5.91 Å². The van der Waals surface area contributed by atoms with E-state index in [2.05, 4.69) is 17.4 Å². The molecule has 31 heavy (non-hydrogen) atoms. The fourth-order valence-electron chi connectivity index (χ4n) is 4.98. The second kappa shape index (κ2) is 8.53. The van der Waals surface area contributed by atoms with Crippen LogP contribution >= 0.6 is 0 Å². The monoisotopic (exact) mass is 416 g/mol. The SMILES string of the molecule is O=C(C[C@@H]1C(=O)N(C2CCCCC2)c2nc3ccccc3n21)NCCc1ccccc1. The van der Waals surface area contributed by atoms with E-state index in [0.717, 1.165) is 43.1 Å². The third-order valence-electron chi connectivity index (χ3n) is 6.52. The molecule has 3 aromatic rings. The summed E-state index contributed by atoms with van der Waals surface area (Å²) in [6.45, 7) is 0.563. The Morgan fingerprint density at radius 3 is 2.55 bits per heavy atom. The normalized spacial score (nSPS) is 19.0. The Balaban J connectivity index is 1.35. The zero-order valence-electron chi connectivity index (χ0n) is 17.7. The van der Waals surface area contributed by atoms with Crippen LogP contribution in [0, 0.1) is 0 Å². The molecule has 1 aromatic heterocycles. The maximum Gasteiger partial charge on any atom is 0.253 e. The molecule has 0 saturated heterocycles. The molecule has 1 N–H and O–H groups in total. The largest absolute Gasteiger partial charge is 0.356 e. The number of imidazole rings is 1. The molecule has 6 heteroatoms. The van der Waals surface area contributed by atoms with Crippen molar-refractivity contribution in [2.75, 3.05) is 11.4 Å². The Kier molecular flexibility index (Phi) is 5.45. The lowest BCUT2D eigenvalue weighted by atomic mass is 9.94. The molecule has 1 saturated carbocycles. The average molecular weight is 417 g/mol. The summed E-state index contributed by atoms with van der Waals surface area (Å²) in [5.74, 6) is 0.627. The summed E-state index contributed by atoms with van der Waals surface area (Å²) in [7, 11) is 0. The molecule has 1 aliphatic heterocycles. The summed E-state index contributed by atoms with van der Waals surface area (Å²) in [4.78, 5) is 32.9. The third-order valence-corrected chi connectivity index (χ3v) is 6.52. The fourth-order valence-corrected chi connectivity index (χ4v) is 4.98. The minimum absolute atomic E-state index is 0.0124. The van der Waals surface area contributed by atoms with Crippen molar-refractivity contribution >= 4 is 28.8 Å². The van der Waals surface area contributed by atoms with Crippen LogP contribution in [-0.2, 0) is 16.0 Å². The first-order chi connectivity index (χ1) is 15.2. The lowest BCUT2D eigenvalue weighted by Gasteiger charge is -2.30. The topological polar surface area (TPSA) is 67.2 Å². The van der Waals surface area contributed by atoms with Crippen molar-refractivity contribution in [1.29, 1.82) is 0 Å². The molecule has 0 radical (unpaired) electrons. The second-order valence-electron chi connectivity index (χ2n) is 8.58. The van der Waals surface area contributed by atoms with Gasteiger partial charge in [0.05, 0.1) is 17.5 Å². The van der Waals surface area contributed by atoms with Gasteiger partial charge < -0.3 is 5.32 Å². The van der Waals surface area contributed by atoms with Crippen molar-refractivity contribution in [2.45, 2.75) is 57.0 Å². The highest BCUT2D eigenvalue weighted by molar-refractivity contribution is 6.04. The van der Waals surface area contributed by atoms with Gasteiger partial charge in [-0.2, -0.15) is 0 Å². The number of carbonyl (C=O) groups is 2. The van der Waals surface area contributed by atoms with Gasteiger partial charge >= 0.3 is 0 Å². The molecule has 2 amide bonds. The van der Waals surface area contributed by atoms with E-state index in [4.69, 9.17) is 4.98 Å². The van der Waals surface area contributed by atoms with Crippen LogP contribution in [0.2, 0.25) is 0 Å². The summed E-state index contributed by atoms with van der Waals surface area (Å²) in [5, 5.41) is 3.00. The number of hydrogen-bond acceptors (Lipinski definition) is 3. The molecule has 1 fully saturated rings. The number of amides is 2. The lowest BCUT2D eigenvalue weighted by Crippen LogP contribution is -2.41. The van der Waals surface area contributed by atoms with Crippen molar-refractivity contribution in [3.8, 4) is 0 Å². The number of rotatable bonds is 6. The van der Waals surface area contributed by atoms with Crippen LogP contribution in [0.1, 0.15) is 50.1 Å². The summed E-state index contributed by atoms with van der Waals surface area (Å²) >= 11 is 0.